The molecule has 2 rings (SSSR count). The maximum Gasteiger partial charge on any atom is 0.227 e. The van der Waals surface area contributed by atoms with Crippen molar-refractivity contribution in [2.75, 3.05) is 6.54 Å². The van der Waals surface area contributed by atoms with Gasteiger partial charge in [-0.2, -0.15) is 0 Å². The minimum atomic E-state index is -0.243. The zero-order valence-corrected chi connectivity index (χ0v) is 11.0. The van der Waals surface area contributed by atoms with Crippen molar-refractivity contribution in [3.8, 4) is 0 Å². The van der Waals surface area contributed by atoms with Gasteiger partial charge in [-0.15, -0.1) is 0 Å². The number of hydrogen-bond donors (Lipinski definition) is 2. The number of carbonyl (C=O) groups is 1. The topological polar surface area (TPSA) is 55.1 Å². The monoisotopic (exact) mass is 238 g/mol. The quantitative estimate of drug-likeness (QED) is 0.789. The molecule has 98 valence electrons. The van der Waals surface area contributed by atoms with Gasteiger partial charge in [0.2, 0.25) is 5.91 Å². The summed E-state index contributed by atoms with van der Waals surface area (Å²) in [7, 11) is 0. The third kappa shape index (κ3) is 2.65. The van der Waals surface area contributed by atoms with E-state index in [0.717, 1.165) is 25.7 Å². The first-order chi connectivity index (χ1) is 8.18. The molecule has 0 aromatic heterocycles. The number of rotatable bonds is 4. The molecule has 0 aliphatic heterocycles. The number of hydrogen-bond acceptors (Lipinski definition) is 2. The summed E-state index contributed by atoms with van der Waals surface area (Å²) >= 11 is 0. The molecule has 2 saturated carbocycles. The van der Waals surface area contributed by atoms with Crippen LogP contribution in [0.15, 0.2) is 0 Å². The average Bonchev–Trinajstić information content (AvgIpc) is 3.01. The zero-order chi connectivity index (χ0) is 12.3. The van der Waals surface area contributed by atoms with E-state index in [2.05, 4.69) is 12.2 Å². The normalized spacial score (nSPS) is 26.0. The van der Waals surface area contributed by atoms with Gasteiger partial charge in [-0.1, -0.05) is 25.7 Å². The summed E-state index contributed by atoms with van der Waals surface area (Å²) in [5, 5.41) is 3.24. The summed E-state index contributed by atoms with van der Waals surface area (Å²) in [6.45, 7) is 2.67. The van der Waals surface area contributed by atoms with Crippen molar-refractivity contribution in [3.63, 3.8) is 0 Å². The second-order valence-electron chi connectivity index (χ2n) is 6.00. The highest BCUT2D eigenvalue weighted by Crippen LogP contribution is 2.38. The molecule has 0 bridgehead atoms. The standard InChI is InChI=1S/C14H26N2O/c1-11(12-6-2-3-7-12)16-13(17)14(10-15)8-4-5-9-14/h11-12H,2-10,15H2,1H3,(H,16,17)/t11-/m0/s1. The Bertz CT molecular complexity index is 265. The van der Waals surface area contributed by atoms with Gasteiger partial charge in [0.05, 0.1) is 5.41 Å². The van der Waals surface area contributed by atoms with Gasteiger partial charge >= 0.3 is 0 Å². The van der Waals surface area contributed by atoms with E-state index >= 15 is 0 Å². The molecule has 2 fully saturated rings. The SMILES string of the molecule is C[C@H](NC(=O)C1(CN)CCCC1)C1CCCC1. The fourth-order valence-electron chi connectivity index (χ4n) is 3.51. The molecule has 3 nitrogen and oxygen atoms in total. The summed E-state index contributed by atoms with van der Waals surface area (Å²) in [6, 6.07) is 0.328. The van der Waals surface area contributed by atoms with E-state index in [1.165, 1.54) is 25.7 Å². The summed E-state index contributed by atoms with van der Waals surface area (Å²) in [4.78, 5) is 12.4. The lowest BCUT2D eigenvalue weighted by atomic mass is 9.84. The molecule has 17 heavy (non-hydrogen) atoms. The van der Waals surface area contributed by atoms with Crippen molar-refractivity contribution >= 4 is 5.91 Å². The van der Waals surface area contributed by atoms with Crippen molar-refractivity contribution in [1.82, 2.24) is 5.32 Å². The van der Waals surface area contributed by atoms with Gasteiger partial charge in [0, 0.05) is 12.6 Å². The maximum absolute atomic E-state index is 12.4. The van der Waals surface area contributed by atoms with Crippen molar-refractivity contribution in [3.05, 3.63) is 0 Å². The van der Waals surface area contributed by atoms with Crippen molar-refractivity contribution in [1.29, 1.82) is 0 Å². The molecule has 0 aromatic carbocycles. The number of carbonyl (C=O) groups excluding carboxylic acids is 1. The van der Waals surface area contributed by atoms with Crippen LogP contribution in [0, 0.1) is 11.3 Å². The van der Waals surface area contributed by atoms with E-state index < -0.39 is 0 Å². The molecule has 2 aliphatic carbocycles. The van der Waals surface area contributed by atoms with Crippen LogP contribution in [0.5, 0.6) is 0 Å². The van der Waals surface area contributed by atoms with E-state index in [1.807, 2.05) is 0 Å². The van der Waals surface area contributed by atoms with Crippen molar-refractivity contribution < 1.29 is 4.79 Å². The third-order valence-electron chi connectivity index (χ3n) is 4.90. The minimum absolute atomic E-state index is 0.219. The van der Waals surface area contributed by atoms with Gasteiger partial charge < -0.3 is 11.1 Å². The predicted molar refractivity (Wildman–Crippen MR) is 69.5 cm³/mol. The van der Waals surface area contributed by atoms with Crippen LogP contribution >= 0.6 is 0 Å². The van der Waals surface area contributed by atoms with Crippen LogP contribution in [0.2, 0.25) is 0 Å². The van der Waals surface area contributed by atoms with Gasteiger partial charge in [0.25, 0.3) is 0 Å². The highest BCUT2D eigenvalue weighted by atomic mass is 16.2. The maximum atomic E-state index is 12.4. The number of nitrogens with one attached hydrogen (secondary N) is 1. The molecule has 3 heteroatoms. The van der Waals surface area contributed by atoms with Gasteiger partial charge in [0.1, 0.15) is 0 Å². The van der Waals surface area contributed by atoms with Crippen molar-refractivity contribution in [2.45, 2.75) is 64.3 Å². The number of nitrogens with two attached hydrogens (primary N) is 1. The molecule has 0 radical (unpaired) electrons. The first-order valence-corrected chi connectivity index (χ1v) is 7.19. The second kappa shape index (κ2) is 5.38. The zero-order valence-electron chi connectivity index (χ0n) is 11.0. The fraction of sp³-hybridized carbons (Fsp3) is 0.929. The Balaban J connectivity index is 1.90. The minimum Gasteiger partial charge on any atom is -0.353 e. The van der Waals surface area contributed by atoms with E-state index in [1.54, 1.807) is 0 Å². The Hall–Kier alpha value is -0.570. The smallest absolute Gasteiger partial charge is 0.227 e. The Kier molecular flexibility index (Phi) is 4.08. The summed E-state index contributed by atoms with van der Waals surface area (Å²) < 4.78 is 0. The van der Waals surface area contributed by atoms with Crippen LogP contribution in [-0.4, -0.2) is 18.5 Å². The highest BCUT2D eigenvalue weighted by molar-refractivity contribution is 5.83. The van der Waals surface area contributed by atoms with Gasteiger partial charge in [-0.3, -0.25) is 4.79 Å². The molecule has 0 saturated heterocycles. The molecule has 2 aliphatic rings. The lowest BCUT2D eigenvalue weighted by Gasteiger charge is -2.29. The van der Waals surface area contributed by atoms with Gasteiger partial charge in [0.15, 0.2) is 0 Å². The third-order valence-corrected chi connectivity index (χ3v) is 4.90. The molecular weight excluding hydrogens is 212 g/mol. The van der Waals surface area contributed by atoms with Crippen LogP contribution in [-0.2, 0) is 4.79 Å². The van der Waals surface area contributed by atoms with Crippen LogP contribution in [0.3, 0.4) is 0 Å². The molecule has 3 N–H and O–H groups in total. The molecule has 0 heterocycles. The summed E-state index contributed by atoms with van der Waals surface area (Å²) in [5.74, 6) is 0.909. The number of amides is 1. The molecular formula is C14H26N2O. The first-order valence-electron chi connectivity index (χ1n) is 7.19. The Morgan fingerprint density at radius 1 is 1.29 bits per heavy atom. The molecule has 0 spiro atoms. The molecule has 1 atom stereocenters. The lowest BCUT2D eigenvalue weighted by Crippen LogP contribution is -2.48. The van der Waals surface area contributed by atoms with E-state index in [0.29, 0.717) is 18.5 Å². The van der Waals surface area contributed by atoms with Crippen LogP contribution in [0.1, 0.15) is 58.3 Å². The van der Waals surface area contributed by atoms with Crippen LogP contribution in [0.4, 0.5) is 0 Å². The van der Waals surface area contributed by atoms with Crippen LogP contribution in [0.25, 0.3) is 0 Å². The summed E-state index contributed by atoms with van der Waals surface area (Å²) in [5.41, 5.74) is 5.59. The predicted octanol–water partition coefficient (Wildman–Crippen LogP) is 2.20. The molecule has 0 unspecified atom stereocenters. The molecule has 0 aromatic rings. The second-order valence-corrected chi connectivity index (χ2v) is 6.00. The average molecular weight is 238 g/mol. The largest absolute Gasteiger partial charge is 0.353 e. The van der Waals surface area contributed by atoms with E-state index in [9.17, 15) is 4.79 Å². The van der Waals surface area contributed by atoms with E-state index in [4.69, 9.17) is 5.73 Å². The molecule has 1 amide bonds. The Morgan fingerprint density at radius 3 is 2.41 bits per heavy atom. The highest BCUT2D eigenvalue weighted by Gasteiger charge is 2.40. The summed E-state index contributed by atoms with van der Waals surface area (Å²) in [6.07, 6.45) is 9.47. The lowest BCUT2D eigenvalue weighted by molar-refractivity contribution is -0.131. The van der Waals surface area contributed by atoms with Gasteiger partial charge in [-0.25, -0.2) is 0 Å². The Labute approximate surface area is 105 Å². The Morgan fingerprint density at radius 2 is 1.88 bits per heavy atom. The first kappa shape index (κ1) is 12.9. The van der Waals surface area contributed by atoms with Crippen molar-refractivity contribution in [2.24, 2.45) is 17.1 Å². The van der Waals surface area contributed by atoms with Crippen LogP contribution < -0.4 is 11.1 Å². The fourth-order valence-corrected chi connectivity index (χ4v) is 3.51. The van der Waals surface area contributed by atoms with E-state index in [-0.39, 0.29) is 11.3 Å². The van der Waals surface area contributed by atoms with Gasteiger partial charge in [-0.05, 0) is 38.5 Å².